The van der Waals surface area contributed by atoms with Crippen molar-refractivity contribution in [3.8, 4) is 51.7 Å². The van der Waals surface area contributed by atoms with Gasteiger partial charge in [0.05, 0.1) is 22.3 Å². The standard InChI is InChI=1S/2C24H20P.2C8H6O4.3C6H6O3/c2*1-5-13-21(14-6-1)25(22-15-7-2-8-16-22,23-17-9-3-10-18-23)24-19-11-4-12-20-24;2*9-7(10)5-1-2-6(4-3-5)8(11)12;3*7-4-2-1-3-5(8)6(4)9/h2*1-20H;2*1-4H,(H,9,10)(H,11,12);3*1-3,7-9H/q2*+1;;;;;. The molecule has 0 unspecified atom stereocenters. The summed E-state index contributed by atoms with van der Waals surface area (Å²) in [7, 11) is -3.81. The third-order valence-corrected chi connectivity index (χ3v) is 23.5. The third kappa shape index (κ3) is 20.0. The summed E-state index contributed by atoms with van der Waals surface area (Å²) >= 11 is 0. The zero-order valence-electron chi connectivity index (χ0n) is 53.8. The maximum absolute atomic E-state index is 10.3. The molecule has 101 heavy (non-hydrogen) atoms. The second-order valence-corrected chi connectivity index (χ2v) is 28.2. The maximum Gasteiger partial charge on any atom is 0.335 e. The number of rotatable bonds is 12. The van der Waals surface area contributed by atoms with Crippen LogP contribution in [0.5, 0.6) is 51.7 Å². The highest BCUT2D eigenvalue weighted by Crippen LogP contribution is 2.55. The Bertz CT molecular complexity index is 3920. The van der Waals surface area contributed by atoms with E-state index in [1.807, 2.05) is 0 Å². The van der Waals surface area contributed by atoms with E-state index in [0.717, 1.165) is 0 Å². The second kappa shape index (κ2) is 37.3. The van der Waals surface area contributed by atoms with Crippen molar-refractivity contribution in [1.29, 1.82) is 0 Å². The van der Waals surface area contributed by atoms with Crippen LogP contribution in [0.4, 0.5) is 0 Å². The van der Waals surface area contributed by atoms with E-state index in [4.69, 9.17) is 66.4 Å². The maximum atomic E-state index is 10.3. The van der Waals surface area contributed by atoms with Gasteiger partial charge >= 0.3 is 23.9 Å². The van der Waals surface area contributed by atoms with Gasteiger partial charge in [0.2, 0.25) is 0 Å². The lowest BCUT2D eigenvalue weighted by Crippen LogP contribution is -2.38. The van der Waals surface area contributed by atoms with Crippen LogP contribution < -0.4 is 42.4 Å². The molecule has 13 aromatic carbocycles. The van der Waals surface area contributed by atoms with Gasteiger partial charge in [-0.15, -0.1) is 0 Å². The molecule has 19 heteroatoms. The SMILES string of the molecule is O=C(O)c1ccc(C(=O)O)cc1.O=C(O)c1ccc(C(=O)O)cc1.Oc1cccc(O)c1O.Oc1cccc(O)c1O.Oc1cccc(O)c1O.c1ccc([P+](c2ccccc2)(c2ccccc2)c2ccccc2)cc1.c1ccc([P+](c2ccccc2)(c2ccccc2)c2ccccc2)cc1. The predicted molar refractivity (Wildman–Crippen MR) is 397 cm³/mol. The molecular weight excluding hydrogens is 1320 g/mol. The first-order valence-electron chi connectivity index (χ1n) is 30.7. The Morgan fingerprint density at radius 3 is 0.386 bits per heavy atom. The molecule has 0 aliphatic heterocycles. The molecule has 17 nitrogen and oxygen atoms in total. The summed E-state index contributed by atoms with van der Waals surface area (Å²) in [6.07, 6.45) is 0. The summed E-state index contributed by atoms with van der Waals surface area (Å²) in [5.74, 6) is -7.54. The Hall–Kier alpha value is -13.2. The molecule has 0 saturated carbocycles. The summed E-state index contributed by atoms with van der Waals surface area (Å²) in [5, 5.41) is 123. The van der Waals surface area contributed by atoms with Gasteiger partial charge in [-0.25, -0.2) is 19.2 Å². The number of para-hydroxylation sites is 3. The normalized spacial score (nSPS) is 10.3. The van der Waals surface area contributed by atoms with Crippen LogP contribution in [0.3, 0.4) is 0 Å². The van der Waals surface area contributed by atoms with Crippen LogP contribution in [0, 0.1) is 0 Å². The molecular formula is C82H70O17P2+2. The number of carbonyl (C=O) groups is 4. The molecule has 0 fully saturated rings. The molecule has 0 spiro atoms. The van der Waals surface area contributed by atoms with E-state index < -0.39 is 55.7 Å². The number of hydrogen-bond acceptors (Lipinski definition) is 13. The lowest BCUT2D eigenvalue weighted by atomic mass is 10.1. The molecule has 13 rings (SSSR count). The molecule has 0 saturated heterocycles. The Kier molecular flexibility index (Phi) is 27.8. The molecule has 508 valence electrons. The van der Waals surface area contributed by atoms with Crippen molar-refractivity contribution in [2.24, 2.45) is 0 Å². The number of carboxylic acid groups (broad SMARTS) is 4. The minimum atomic E-state index is -1.91. The highest BCUT2D eigenvalue weighted by atomic mass is 31.2. The number of phenolic OH excluding ortho intramolecular Hbond substituents is 9. The molecule has 0 bridgehead atoms. The Morgan fingerprint density at radius 1 is 0.168 bits per heavy atom. The van der Waals surface area contributed by atoms with Gasteiger partial charge in [-0.3, -0.25) is 0 Å². The van der Waals surface area contributed by atoms with Gasteiger partial charge < -0.3 is 66.4 Å². The van der Waals surface area contributed by atoms with Crippen LogP contribution in [0.2, 0.25) is 0 Å². The van der Waals surface area contributed by atoms with E-state index in [0.29, 0.717) is 0 Å². The third-order valence-electron chi connectivity index (χ3n) is 14.9. The molecule has 0 aliphatic rings. The fourth-order valence-electron chi connectivity index (χ4n) is 10.1. The van der Waals surface area contributed by atoms with E-state index in [1.54, 1.807) is 0 Å². The molecule has 13 aromatic rings. The number of aromatic carboxylic acids is 4. The first-order valence-corrected chi connectivity index (χ1v) is 34.3. The summed E-state index contributed by atoms with van der Waals surface area (Å²) in [6.45, 7) is 0. The molecule has 0 amide bonds. The number of phenols is 9. The highest BCUT2D eigenvalue weighted by molar-refractivity contribution is 8.02. The number of aromatic hydroxyl groups is 9. The molecule has 0 aliphatic carbocycles. The Balaban J connectivity index is 0.000000174. The fourth-order valence-corrected chi connectivity index (χ4v) is 18.6. The fraction of sp³-hybridized carbons (Fsp3) is 0. The van der Waals surface area contributed by atoms with Crippen LogP contribution in [-0.4, -0.2) is 90.3 Å². The number of hydrogen-bond donors (Lipinski definition) is 13. The quantitative estimate of drug-likeness (QED) is 0.0399. The molecule has 0 aromatic heterocycles. The van der Waals surface area contributed by atoms with E-state index in [9.17, 15) is 19.2 Å². The molecule has 0 heterocycles. The lowest BCUT2D eigenvalue weighted by molar-refractivity contribution is 0.0681. The summed E-state index contributed by atoms with van der Waals surface area (Å²) in [4.78, 5) is 41.3. The zero-order chi connectivity index (χ0) is 72.7. The zero-order valence-corrected chi connectivity index (χ0v) is 55.5. The monoisotopic (exact) mass is 1390 g/mol. The Morgan fingerprint density at radius 2 is 0.287 bits per heavy atom. The van der Waals surface area contributed by atoms with Crippen molar-refractivity contribution < 1.29 is 85.6 Å². The Labute approximate surface area is 583 Å². The van der Waals surface area contributed by atoms with Gasteiger partial charge in [-0.05, 0) is 182 Å². The first-order chi connectivity index (χ1) is 48.7. The van der Waals surface area contributed by atoms with Crippen molar-refractivity contribution >= 4 is 80.8 Å². The summed E-state index contributed by atoms with van der Waals surface area (Å²) in [5.41, 5.74) is 0.333. The molecule has 0 radical (unpaired) electrons. The van der Waals surface area contributed by atoms with Gasteiger partial charge in [0.15, 0.2) is 51.7 Å². The van der Waals surface area contributed by atoms with E-state index in [2.05, 4.69) is 243 Å². The lowest BCUT2D eigenvalue weighted by Gasteiger charge is -2.27. The topological polar surface area (TPSA) is 331 Å². The van der Waals surface area contributed by atoms with Crippen LogP contribution >= 0.6 is 14.5 Å². The predicted octanol–water partition coefficient (Wildman–Crippen LogP) is 13.2. The number of carboxylic acids is 4. The van der Waals surface area contributed by atoms with Crippen LogP contribution in [0.1, 0.15) is 41.4 Å². The van der Waals surface area contributed by atoms with Crippen molar-refractivity contribution in [3.63, 3.8) is 0 Å². The van der Waals surface area contributed by atoms with Gasteiger partial charge in [0, 0.05) is 0 Å². The largest absolute Gasteiger partial charge is 0.504 e. The van der Waals surface area contributed by atoms with Crippen molar-refractivity contribution in [3.05, 3.63) is 368 Å². The van der Waals surface area contributed by atoms with Gasteiger partial charge in [0.1, 0.15) is 57.0 Å². The van der Waals surface area contributed by atoms with Crippen LogP contribution in [-0.2, 0) is 0 Å². The van der Waals surface area contributed by atoms with Crippen molar-refractivity contribution in [1.82, 2.24) is 0 Å². The van der Waals surface area contributed by atoms with Crippen molar-refractivity contribution in [2.45, 2.75) is 0 Å². The average Bonchev–Trinajstić information content (AvgIpc) is 0.746. The minimum absolute atomic E-state index is 0.0833. The van der Waals surface area contributed by atoms with E-state index >= 15 is 0 Å². The second-order valence-electron chi connectivity index (χ2n) is 21.3. The average molecular weight is 1390 g/mol. The van der Waals surface area contributed by atoms with Gasteiger partial charge in [-0.1, -0.05) is 164 Å². The summed E-state index contributed by atoms with van der Waals surface area (Å²) < 4.78 is 0. The first kappa shape index (κ1) is 75.2. The van der Waals surface area contributed by atoms with Crippen molar-refractivity contribution in [2.75, 3.05) is 0 Å². The number of benzene rings is 13. The van der Waals surface area contributed by atoms with E-state index in [1.165, 1.54) is 146 Å². The minimum Gasteiger partial charge on any atom is -0.504 e. The van der Waals surface area contributed by atoms with Gasteiger partial charge in [-0.2, -0.15) is 0 Å². The van der Waals surface area contributed by atoms with Crippen LogP contribution in [0.25, 0.3) is 0 Å². The molecule has 13 N–H and O–H groups in total. The van der Waals surface area contributed by atoms with Gasteiger partial charge in [0.25, 0.3) is 0 Å². The highest BCUT2D eigenvalue weighted by Gasteiger charge is 2.49. The molecule has 0 atom stereocenters. The van der Waals surface area contributed by atoms with E-state index in [-0.39, 0.29) is 56.8 Å². The smallest absolute Gasteiger partial charge is 0.335 e. The summed E-state index contributed by atoms with van der Waals surface area (Å²) in [6, 6.07) is 110. The van der Waals surface area contributed by atoms with Crippen LogP contribution in [0.15, 0.2) is 346 Å².